The van der Waals surface area contributed by atoms with E-state index < -0.39 is 0 Å². The first-order valence-corrected chi connectivity index (χ1v) is 10.9. The first-order valence-electron chi connectivity index (χ1n) is 9.87. The van der Waals surface area contributed by atoms with Gasteiger partial charge in [0, 0.05) is 17.9 Å². The van der Waals surface area contributed by atoms with Gasteiger partial charge in [-0.2, -0.15) is 0 Å². The lowest BCUT2D eigenvalue weighted by molar-refractivity contribution is 0.0953. The molecule has 6 heteroatoms. The Morgan fingerprint density at radius 2 is 1.97 bits per heavy atom. The van der Waals surface area contributed by atoms with Crippen molar-refractivity contribution in [2.45, 2.75) is 30.6 Å². The van der Waals surface area contributed by atoms with Crippen molar-refractivity contribution in [3.05, 3.63) is 66.2 Å². The molecular formula is C23H25N3O2S. The lowest BCUT2D eigenvalue weighted by atomic mass is 10.2. The maximum atomic E-state index is 5.87. The number of ether oxygens (including phenoxy) is 2. The molecule has 1 unspecified atom stereocenters. The molecule has 1 atom stereocenters. The van der Waals surface area contributed by atoms with Crippen LogP contribution in [0.4, 0.5) is 0 Å². The summed E-state index contributed by atoms with van der Waals surface area (Å²) < 4.78 is 13.3. The molecule has 0 bridgehead atoms. The first-order chi connectivity index (χ1) is 14.3. The molecule has 3 aromatic rings. The van der Waals surface area contributed by atoms with Gasteiger partial charge in [-0.05, 0) is 42.7 Å². The number of benzene rings is 2. The number of aromatic nitrogens is 3. The lowest BCUT2D eigenvalue weighted by Gasteiger charge is -2.14. The third-order valence-corrected chi connectivity index (χ3v) is 5.81. The molecule has 150 valence electrons. The van der Waals surface area contributed by atoms with E-state index in [1.165, 1.54) is 5.56 Å². The van der Waals surface area contributed by atoms with Crippen molar-refractivity contribution >= 4 is 17.8 Å². The number of hydrogen-bond donors (Lipinski definition) is 0. The van der Waals surface area contributed by atoms with Gasteiger partial charge in [-0.3, -0.25) is 4.57 Å². The van der Waals surface area contributed by atoms with E-state index in [-0.39, 0.29) is 6.10 Å². The van der Waals surface area contributed by atoms with Gasteiger partial charge >= 0.3 is 0 Å². The van der Waals surface area contributed by atoms with Crippen molar-refractivity contribution in [1.82, 2.24) is 14.8 Å². The van der Waals surface area contributed by atoms with Gasteiger partial charge in [-0.1, -0.05) is 54.2 Å². The van der Waals surface area contributed by atoms with Gasteiger partial charge in [-0.15, -0.1) is 10.2 Å². The summed E-state index contributed by atoms with van der Waals surface area (Å²) in [6, 6.07) is 18.3. The number of rotatable bonds is 8. The third kappa shape index (κ3) is 5.08. The molecule has 1 saturated heterocycles. The Morgan fingerprint density at radius 1 is 1.14 bits per heavy atom. The van der Waals surface area contributed by atoms with E-state index in [1.54, 1.807) is 18.9 Å². The standard InChI is InChI=1S/C23H25N3O2S/c1-27-20-13-11-19(12-14-20)22-24-25-23(26(22)17-21-10-5-15-28-21)29-16-6-9-18-7-3-2-4-8-18/h2-4,6-9,11-14,21H,5,10,15-17H2,1H3/b9-6+. The fourth-order valence-corrected chi connectivity index (χ4v) is 4.13. The van der Waals surface area contributed by atoms with E-state index in [1.807, 2.05) is 42.5 Å². The van der Waals surface area contributed by atoms with Crippen molar-refractivity contribution in [2.75, 3.05) is 19.5 Å². The Balaban J connectivity index is 1.52. The predicted octanol–water partition coefficient (Wildman–Crippen LogP) is 4.94. The maximum absolute atomic E-state index is 5.87. The zero-order valence-corrected chi connectivity index (χ0v) is 17.3. The lowest BCUT2D eigenvalue weighted by Crippen LogP contribution is -2.16. The van der Waals surface area contributed by atoms with Crippen molar-refractivity contribution in [2.24, 2.45) is 0 Å². The number of nitrogens with zero attached hydrogens (tertiary/aromatic N) is 3. The maximum Gasteiger partial charge on any atom is 0.191 e. The molecule has 0 amide bonds. The van der Waals surface area contributed by atoms with Crippen LogP contribution in [0.25, 0.3) is 17.5 Å². The monoisotopic (exact) mass is 407 g/mol. The largest absolute Gasteiger partial charge is 0.497 e. The van der Waals surface area contributed by atoms with Gasteiger partial charge < -0.3 is 9.47 Å². The third-order valence-electron chi connectivity index (χ3n) is 4.89. The quantitative estimate of drug-likeness (QED) is 0.495. The minimum Gasteiger partial charge on any atom is -0.497 e. The Kier molecular flexibility index (Phi) is 6.64. The fraction of sp³-hybridized carbons (Fsp3) is 0.304. The van der Waals surface area contributed by atoms with Gasteiger partial charge in [0.15, 0.2) is 11.0 Å². The first kappa shape index (κ1) is 19.7. The minimum atomic E-state index is 0.224. The van der Waals surface area contributed by atoms with Crippen molar-refractivity contribution in [3.8, 4) is 17.1 Å². The summed E-state index contributed by atoms with van der Waals surface area (Å²) >= 11 is 1.70. The molecule has 2 aromatic carbocycles. The predicted molar refractivity (Wildman–Crippen MR) is 117 cm³/mol. The fourth-order valence-electron chi connectivity index (χ4n) is 3.38. The van der Waals surface area contributed by atoms with Gasteiger partial charge in [0.2, 0.25) is 0 Å². The van der Waals surface area contributed by atoms with Crippen LogP contribution in [0.5, 0.6) is 5.75 Å². The van der Waals surface area contributed by atoms with Gasteiger partial charge in [0.25, 0.3) is 0 Å². The van der Waals surface area contributed by atoms with Crippen LogP contribution >= 0.6 is 11.8 Å². The summed E-state index contributed by atoms with van der Waals surface area (Å²) in [5, 5.41) is 9.89. The van der Waals surface area contributed by atoms with Crippen LogP contribution in [0.2, 0.25) is 0 Å². The van der Waals surface area contributed by atoms with Crippen LogP contribution in [-0.4, -0.2) is 40.3 Å². The van der Waals surface area contributed by atoms with Crippen LogP contribution in [0.3, 0.4) is 0 Å². The number of thioether (sulfide) groups is 1. The SMILES string of the molecule is COc1ccc(-c2nnc(SC/C=C/c3ccccc3)n2CC2CCCO2)cc1. The molecule has 1 aromatic heterocycles. The average molecular weight is 408 g/mol. The molecule has 0 saturated carbocycles. The Morgan fingerprint density at radius 3 is 2.69 bits per heavy atom. The van der Waals surface area contributed by atoms with Crippen LogP contribution in [-0.2, 0) is 11.3 Å². The number of methoxy groups -OCH3 is 1. The topological polar surface area (TPSA) is 49.2 Å². The van der Waals surface area contributed by atoms with E-state index in [4.69, 9.17) is 9.47 Å². The Labute approximate surface area is 175 Å². The van der Waals surface area contributed by atoms with Gasteiger partial charge in [0.1, 0.15) is 5.75 Å². The second-order valence-corrected chi connectivity index (χ2v) is 7.89. The van der Waals surface area contributed by atoms with Crippen molar-refractivity contribution in [3.63, 3.8) is 0 Å². The van der Waals surface area contributed by atoms with Gasteiger partial charge in [0.05, 0.1) is 19.8 Å². The molecule has 0 radical (unpaired) electrons. The summed E-state index contributed by atoms with van der Waals surface area (Å²) in [5.74, 6) is 2.54. The zero-order valence-electron chi connectivity index (χ0n) is 16.5. The zero-order chi connectivity index (χ0) is 19.9. The summed E-state index contributed by atoms with van der Waals surface area (Å²) in [5.41, 5.74) is 2.23. The van der Waals surface area contributed by atoms with E-state index in [0.717, 1.165) is 54.0 Å². The van der Waals surface area contributed by atoms with Crippen molar-refractivity contribution in [1.29, 1.82) is 0 Å². The molecule has 1 aliphatic rings. The molecule has 0 N–H and O–H groups in total. The highest BCUT2D eigenvalue weighted by Crippen LogP contribution is 2.27. The highest BCUT2D eigenvalue weighted by Gasteiger charge is 2.21. The molecule has 5 nitrogen and oxygen atoms in total. The molecule has 1 fully saturated rings. The van der Waals surface area contributed by atoms with Crippen LogP contribution in [0.15, 0.2) is 65.8 Å². The van der Waals surface area contributed by atoms with E-state index >= 15 is 0 Å². The highest BCUT2D eigenvalue weighted by atomic mass is 32.2. The van der Waals surface area contributed by atoms with Crippen LogP contribution in [0.1, 0.15) is 18.4 Å². The summed E-state index contributed by atoms with van der Waals surface area (Å²) in [4.78, 5) is 0. The smallest absolute Gasteiger partial charge is 0.191 e. The Hall–Kier alpha value is -2.57. The van der Waals surface area contributed by atoms with E-state index in [0.29, 0.717) is 0 Å². The summed E-state index contributed by atoms with van der Waals surface area (Å²) in [6.45, 7) is 1.62. The van der Waals surface area contributed by atoms with Crippen LogP contribution in [0, 0.1) is 0 Å². The molecule has 29 heavy (non-hydrogen) atoms. The summed E-state index contributed by atoms with van der Waals surface area (Å²) in [6.07, 6.45) is 6.73. The second-order valence-electron chi connectivity index (χ2n) is 6.90. The average Bonchev–Trinajstić information content (AvgIpc) is 3.43. The minimum absolute atomic E-state index is 0.224. The highest BCUT2D eigenvalue weighted by molar-refractivity contribution is 7.99. The molecule has 0 aliphatic carbocycles. The normalized spacial score (nSPS) is 16.5. The number of hydrogen-bond acceptors (Lipinski definition) is 5. The molecular weight excluding hydrogens is 382 g/mol. The van der Waals surface area contributed by atoms with Crippen LogP contribution < -0.4 is 4.74 Å². The molecule has 0 spiro atoms. The van der Waals surface area contributed by atoms with Crippen molar-refractivity contribution < 1.29 is 9.47 Å². The van der Waals surface area contributed by atoms with E-state index in [9.17, 15) is 0 Å². The molecule has 4 rings (SSSR count). The second kappa shape index (κ2) is 9.76. The van der Waals surface area contributed by atoms with Gasteiger partial charge in [-0.25, -0.2) is 0 Å². The molecule has 1 aliphatic heterocycles. The molecule has 2 heterocycles. The van der Waals surface area contributed by atoms with E-state index in [2.05, 4.69) is 39.0 Å². The Bertz CT molecular complexity index is 933. The summed E-state index contributed by atoms with van der Waals surface area (Å²) in [7, 11) is 1.67.